The molecule has 0 unspecified atom stereocenters. The Balaban J connectivity index is 2.01. The highest BCUT2D eigenvalue weighted by atomic mass is 35.5. The van der Waals surface area contributed by atoms with Crippen LogP contribution in [0.15, 0.2) is 18.2 Å². The largest absolute Gasteiger partial charge is 0.339 e. The number of amides is 1. The smallest absolute Gasteiger partial charge is 0.253 e. The van der Waals surface area contributed by atoms with Gasteiger partial charge in [-0.25, -0.2) is 0 Å². The molecule has 0 atom stereocenters. The van der Waals surface area contributed by atoms with Gasteiger partial charge >= 0.3 is 0 Å². The summed E-state index contributed by atoms with van der Waals surface area (Å²) in [5, 5.41) is 0.823. The van der Waals surface area contributed by atoms with Crippen LogP contribution in [-0.4, -0.2) is 29.7 Å². The highest BCUT2D eigenvalue weighted by molar-refractivity contribution is 6.42. The standard InChI is InChI=1S/C15H17Cl2NO2/c1-2-14(19)10-5-7-18(8-6-10)15(20)11-3-4-12(16)13(17)9-11/h3-4,9-10H,2,5-8H2,1H3. The quantitative estimate of drug-likeness (QED) is 0.850. The molecular formula is C15H17Cl2NO2. The third-order valence-electron chi connectivity index (χ3n) is 3.75. The molecule has 5 heteroatoms. The van der Waals surface area contributed by atoms with Crippen molar-refractivity contribution < 1.29 is 9.59 Å². The molecule has 20 heavy (non-hydrogen) atoms. The minimum atomic E-state index is -0.0500. The molecule has 0 radical (unpaired) electrons. The zero-order valence-corrected chi connectivity index (χ0v) is 12.9. The Morgan fingerprint density at radius 2 is 1.85 bits per heavy atom. The molecule has 1 aromatic rings. The van der Waals surface area contributed by atoms with Crippen LogP contribution in [0.5, 0.6) is 0 Å². The van der Waals surface area contributed by atoms with E-state index in [0.717, 1.165) is 12.8 Å². The maximum absolute atomic E-state index is 12.3. The number of rotatable bonds is 3. The van der Waals surface area contributed by atoms with Crippen LogP contribution in [-0.2, 0) is 4.79 Å². The van der Waals surface area contributed by atoms with Gasteiger partial charge in [0.1, 0.15) is 5.78 Å². The Labute approximate surface area is 128 Å². The first-order valence-electron chi connectivity index (χ1n) is 6.80. The summed E-state index contributed by atoms with van der Waals surface area (Å²) in [6.07, 6.45) is 2.07. The Kier molecular flexibility index (Phi) is 5.06. The Morgan fingerprint density at radius 1 is 1.20 bits per heavy atom. The van der Waals surface area contributed by atoms with Crippen LogP contribution in [0.25, 0.3) is 0 Å². The van der Waals surface area contributed by atoms with Crippen molar-refractivity contribution in [3.05, 3.63) is 33.8 Å². The molecule has 1 aromatic carbocycles. The number of halogens is 2. The second kappa shape index (κ2) is 6.59. The van der Waals surface area contributed by atoms with E-state index in [0.29, 0.717) is 40.9 Å². The lowest BCUT2D eigenvalue weighted by Crippen LogP contribution is -2.40. The number of hydrogen-bond donors (Lipinski definition) is 0. The van der Waals surface area contributed by atoms with Gasteiger partial charge in [0.15, 0.2) is 0 Å². The average Bonchev–Trinajstić information content (AvgIpc) is 2.48. The molecule has 3 nitrogen and oxygen atoms in total. The average molecular weight is 314 g/mol. The molecule has 0 aromatic heterocycles. The van der Waals surface area contributed by atoms with E-state index in [1.165, 1.54) is 0 Å². The topological polar surface area (TPSA) is 37.4 Å². The zero-order valence-electron chi connectivity index (χ0n) is 11.4. The van der Waals surface area contributed by atoms with Crippen LogP contribution in [0.4, 0.5) is 0 Å². The first-order valence-corrected chi connectivity index (χ1v) is 7.55. The molecular weight excluding hydrogens is 297 g/mol. The van der Waals surface area contributed by atoms with Gasteiger partial charge in [0.2, 0.25) is 0 Å². The van der Waals surface area contributed by atoms with Crippen molar-refractivity contribution in [2.24, 2.45) is 5.92 Å². The van der Waals surface area contributed by atoms with E-state index in [4.69, 9.17) is 23.2 Å². The molecule has 0 aliphatic carbocycles. The van der Waals surface area contributed by atoms with Gasteiger partial charge in [-0.2, -0.15) is 0 Å². The minimum absolute atomic E-state index is 0.0500. The molecule has 108 valence electrons. The fraction of sp³-hybridized carbons (Fsp3) is 0.467. The summed E-state index contributed by atoms with van der Waals surface area (Å²) in [5.41, 5.74) is 0.541. The SMILES string of the molecule is CCC(=O)C1CCN(C(=O)c2ccc(Cl)c(Cl)c2)CC1. The fourth-order valence-electron chi connectivity index (χ4n) is 2.50. The molecule has 1 fully saturated rings. The lowest BCUT2D eigenvalue weighted by Gasteiger charge is -2.31. The summed E-state index contributed by atoms with van der Waals surface area (Å²) < 4.78 is 0. The van der Waals surface area contributed by atoms with Gasteiger partial charge < -0.3 is 4.90 Å². The number of nitrogens with zero attached hydrogens (tertiary/aromatic N) is 1. The van der Waals surface area contributed by atoms with Crippen molar-refractivity contribution in [3.8, 4) is 0 Å². The molecule has 0 N–H and O–H groups in total. The van der Waals surface area contributed by atoms with E-state index in [2.05, 4.69) is 0 Å². The maximum Gasteiger partial charge on any atom is 0.253 e. The predicted octanol–water partition coefficient (Wildman–Crippen LogP) is 3.82. The minimum Gasteiger partial charge on any atom is -0.339 e. The molecule has 1 aliphatic heterocycles. The summed E-state index contributed by atoms with van der Waals surface area (Å²) in [7, 11) is 0. The Bertz CT molecular complexity index is 523. The van der Waals surface area contributed by atoms with E-state index >= 15 is 0 Å². The van der Waals surface area contributed by atoms with Crippen LogP contribution in [0.2, 0.25) is 10.0 Å². The molecule has 1 aliphatic rings. The molecule has 1 saturated heterocycles. The van der Waals surface area contributed by atoms with Crippen molar-refractivity contribution in [2.45, 2.75) is 26.2 Å². The highest BCUT2D eigenvalue weighted by Gasteiger charge is 2.26. The lowest BCUT2D eigenvalue weighted by atomic mass is 9.91. The molecule has 0 bridgehead atoms. The summed E-state index contributed by atoms with van der Waals surface area (Å²) in [6.45, 7) is 3.13. The predicted molar refractivity (Wildman–Crippen MR) is 80.4 cm³/mol. The van der Waals surface area contributed by atoms with E-state index in [1.54, 1.807) is 23.1 Å². The van der Waals surface area contributed by atoms with Crippen molar-refractivity contribution >= 4 is 34.9 Å². The molecule has 0 spiro atoms. The van der Waals surface area contributed by atoms with Gasteiger partial charge in [-0.1, -0.05) is 30.1 Å². The summed E-state index contributed by atoms with van der Waals surface area (Å²) in [6, 6.07) is 4.90. The van der Waals surface area contributed by atoms with Gasteiger partial charge in [0, 0.05) is 31.0 Å². The van der Waals surface area contributed by atoms with E-state index < -0.39 is 0 Å². The van der Waals surface area contributed by atoms with Crippen molar-refractivity contribution in [1.82, 2.24) is 4.90 Å². The number of Topliss-reactive ketones (excluding diaryl/α,β-unsaturated/α-hetero) is 1. The van der Waals surface area contributed by atoms with Gasteiger partial charge in [0.05, 0.1) is 10.0 Å². The van der Waals surface area contributed by atoms with E-state index in [9.17, 15) is 9.59 Å². The third kappa shape index (κ3) is 3.33. The molecule has 0 saturated carbocycles. The van der Waals surface area contributed by atoms with Crippen LogP contribution >= 0.6 is 23.2 Å². The molecule has 1 amide bonds. The van der Waals surface area contributed by atoms with Gasteiger partial charge in [-0.05, 0) is 31.0 Å². The van der Waals surface area contributed by atoms with Crippen molar-refractivity contribution in [3.63, 3.8) is 0 Å². The number of carbonyl (C=O) groups is 2. The number of carbonyl (C=O) groups excluding carboxylic acids is 2. The second-order valence-electron chi connectivity index (χ2n) is 5.02. The van der Waals surface area contributed by atoms with Crippen molar-refractivity contribution in [1.29, 1.82) is 0 Å². The summed E-state index contributed by atoms with van der Waals surface area (Å²) in [5.74, 6) is 0.357. The van der Waals surface area contributed by atoms with Gasteiger partial charge in [-0.3, -0.25) is 9.59 Å². The highest BCUT2D eigenvalue weighted by Crippen LogP contribution is 2.25. The van der Waals surface area contributed by atoms with Crippen LogP contribution in [0, 0.1) is 5.92 Å². The summed E-state index contributed by atoms with van der Waals surface area (Å²) >= 11 is 11.8. The van der Waals surface area contributed by atoms with Crippen LogP contribution in [0.3, 0.4) is 0 Å². The Morgan fingerprint density at radius 3 is 2.40 bits per heavy atom. The molecule has 1 heterocycles. The first-order chi connectivity index (χ1) is 9.52. The zero-order chi connectivity index (χ0) is 14.7. The normalized spacial score (nSPS) is 16.2. The summed E-state index contributed by atoms with van der Waals surface area (Å²) in [4.78, 5) is 25.8. The van der Waals surface area contributed by atoms with Gasteiger partial charge in [0.25, 0.3) is 5.91 Å². The van der Waals surface area contributed by atoms with E-state index in [-0.39, 0.29) is 11.8 Å². The monoisotopic (exact) mass is 313 g/mol. The second-order valence-corrected chi connectivity index (χ2v) is 5.83. The number of piperidine rings is 1. The van der Waals surface area contributed by atoms with Gasteiger partial charge in [-0.15, -0.1) is 0 Å². The van der Waals surface area contributed by atoms with Crippen LogP contribution in [0.1, 0.15) is 36.5 Å². The number of benzene rings is 1. The third-order valence-corrected chi connectivity index (χ3v) is 4.49. The Hall–Kier alpha value is -1.06. The number of hydrogen-bond acceptors (Lipinski definition) is 2. The fourth-order valence-corrected chi connectivity index (χ4v) is 2.80. The first kappa shape index (κ1) is 15.3. The molecule has 2 rings (SSSR count). The lowest BCUT2D eigenvalue weighted by molar-refractivity contribution is -0.123. The number of ketones is 1. The van der Waals surface area contributed by atoms with Crippen molar-refractivity contribution in [2.75, 3.05) is 13.1 Å². The maximum atomic E-state index is 12.3. The van der Waals surface area contributed by atoms with Crippen LogP contribution < -0.4 is 0 Å². The number of likely N-dealkylation sites (tertiary alicyclic amines) is 1. The van der Waals surface area contributed by atoms with E-state index in [1.807, 2.05) is 6.92 Å².